The summed E-state index contributed by atoms with van der Waals surface area (Å²) in [4.78, 5) is 37.8. The first kappa shape index (κ1) is 26.5. The van der Waals surface area contributed by atoms with Gasteiger partial charge in [-0.25, -0.2) is 9.48 Å². The molecule has 4 aromatic rings. The molecule has 37 heavy (non-hydrogen) atoms. The quantitative estimate of drug-likeness (QED) is 0.195. The lowest BCUT2D eigenvalue weighted by Gasteiger charge is -2.06. The summed E-state index contributed by atoms with van der Waals surface area (Å²) >= 11 is 0. The van der Waals surface area contributed by atoms with Crippen LogP contribution in [0.25, 0.3) is 17.1 Å². The zero-order valence-electron chi connectivity index (χ0n) is 20.5. The van der Waals surface area contributed by atoms with E-state index in [9.17, 15) is 14.4 Å². The van der Waals surface area contributed by atoms with Crippen molar-refractivity contribution >= 4 is 17.5 Å². The maximum Gasteiger partial charge on any atom is 0.358 e. The Bertz CT molecular complexity index is 1360. The van der Waals surface area contributed by atoms with Crippen LogP contribution in [-0.4, -0.2) is 74.0 Å². The van der Waals surface area contributed by atoms with Crippen LogP contribution >= 0.6 is 0 Å². The van der Waals surface area contributed by atoms with E-state index in [0.29, 0.717) is 28.8 Å². The van der Waals surface area contributed by atoms with Crippen LogP contribution in [0.5, 0.6) is 11.8 Å². The lowest BCUT2D eigenvalue weighted by molar-refractivity contribution is -0.116. The molecule has 0 radical (unpaired) electrons. The Morgan fingerprint density at radius 2 is 1.57 bits per heavy atom. The number of esters is 1. The van der Waals surface area contributed by atoms with Crippen LogP contribution in [0.2, 0.25) is 0 Å². The molecule has 0 aromatic carbocycles. The molecule has 0 bridgehead atoms. The average molecular weight is 505 g/mol. The Morgan fingerprint density at radius 3 is 2.08 bits per heavy atom. The van der Waals surface area contributed by atoms with Gasteiger partial charge in [0.1, 0.15) is 17.2 Å². The second-order valence-corrected chi connectivity index (χ2v) is 7.25. The molecule has 0 spiro atoms. The summed E-state index contributed by atoms with van der Waals surface area (Å²) in [5, 5.41) is 19.6. The molecule has 0 unspecified atom stereocenters. The number of hydrogen-bond donors (Lipinski definition) is 0. The minimum atomic E-state index is -0.532. The van der Waals surface area contributed by atoms with Crippen LogP contribution in [0.1, 0.15) is 34.3 Å². The molecule has 4 rings (SSSR count). The van der Waals surface area contributed by atoms with E-state index in [4.69, 9.17) is 14.2 Å². The van der Waals surface area contributed by atoms with Crippen molar-refractivity contribution in [2.45, 2.75) is 13.3 Å². The number of pyridine rings is 1. The minimum absolute atomic E-state index is 0.138. The highest BCUT2D eigenvalue weighted by molar-refractivity contribution is 6.06. The number of Topliss-reactive ketones (excluding diaryl/α,β-unsaturated/α-hetero) is 2. The van der Waals surface area contributed by atoms with Crippen molar-refractivity contribution in [1.29, 1.82) is 0 Å². The van der Waals surface area contributed by atoms with E-state index < -0.39 is 5.97 Å². The lowest BCUT2D eigenvalue weighted by atomic mass is 10.1. The minimum Gasteiger partial charge on any atom is -0.480 e. The number of aromatic nitrogens is 7. The number of rotatable bonds is 8. The standard InChI is InChI=1S/C15H13N5O3.C9H10N2O3/c1-22-14-6-5-11(17-18-14)13-8-12(15(21)23-2)19-20(13)10-4-3-7-16-9-10;1-6(12)5-8(13)7-3-4-9(14-2)11-10-7/h3-9H,1-2H3;3-4H,5H2,1-2H3. The summed E-state index contributed by atoms with van der Waals surface area (Å²) in [6.45, 7) is 1.36. The second kappa shape index (κ2) is 12.6. The van der Waals surface area contributed by atoms with Crippen molar-refractivity contribution in [2.75, 3.05) is 21.3 Å². The summed E-state index contributed by atoms with van der Waals surface area (Å²) in [6.07, 6.45) is 3.15. The highest BCUT2D eigenvalue weighted by Gasteiger charge is 2.18. The zero-order chi connectivity index (χ0) is 26.8. The van der Waals surface area contributed by atoms with Crippen molar-refractivity contribution < 1.29 is 28.6 Å². The molecule has 0 fully saturated rings. The van der Waals surface area contributed by atoms with Crippen LogP contribution in [0.4, 0.5) is 0 Å². The van der Waals surface area contributed by atoms with Crippen molar-refractivity contribution in [1.82, 2.24) is 35.2 Å². The fourth-order valence-corrected chi connectivity index (χ4v) is 2.90. The van der Waals surface area contributed by atoms with E-state index in [0.717, 1.165) is 0 Å². The SMILES string of the molecule is COC(=O)c1cc(-c2ccc(OC)nn2)n(-c2cccnc2)n1.COc1ccc(C(=O)CC(C)=O)nn1. The average Bonchev–Trinajstić information content (AvgIpc) is 3.39. The van der Waals surface area contributed by atoms with Crippen LogP contribution in [0.15, 0.2) is 54.9 Å². The van der Waals surface area contributed by atoms with Crippen molar-refractivity contribution in [3.8, 4) is 28.8 Å². The van der Waals surface area contributed by atoms with E-state index in [1.54, 1.807) is 41.3 Å². The highest BCUT2D eigenvalue weighted by Crippen LogP contribution is 2.23. The first-order valence-corrected chi connectivity index (χ1v) is 10.7. The number of ether oxygens (including phenoxy) is 3. The molecule has 0 amide bonds. The van der Waals surface area contributed by atoms with E-state index in [1.165, 1.54) is 40.4 Å². The van der Waals surface area contributed by atoms with E-state index in [1.807, 2.05) is 6.07 Å². The topological polar surface area (TPSA) is 161 Å². The molecule has 0 aliphatic rings. The molecular formula is C24H23N7O6. The largest absolute Gasteiger partial charge is 0.480 e. The third-order valence-electron chi connectivity index (χ3n) is 4.65. The van der Waals surface area contributed by atoms with Gasteiger partial charge in [-0.3, -0.25) is 14.6 Å². The molecule has 190 valence electrons. The number of methoxy groups -OCH3 is 3. The van der Waals surface area contributed by atoms with Gasteiger partial charge in [-0.15, -0.1) is 20.4 Å². The Labute approximate surface area is 211 Å². The van der Waals surface area contributed by atoms with E-state index in [2.05, 4.69) is 30.5 Å². The Hall–Kier alpha value is -5.07. The van der Waals surface area contributed by atoms with Crippen LogP contribution in [-0.2, 0) is 9.53 Å². The third kappa shape index (κ3) is 6.97. The second-order valence-electron chi connectivity index (χ2n) is 7.25. The molecule has 13 heteroatoms. The summed E-state index contributed by atoms with van der Waals surface area (Å²) in [7, 11) is 4.28. The smallest absolute Gasteiger partial charge is 0.358 e. The summed E-state index contributed by atoms with van der Waals surface area (Å²) in [5.41, 5.74) is 2.17. The van der Waals surface area contributed by atoms with Crippen molar-refractivity contribution in [3.05, 3.63) is 66.2 Å². The Kier molecular flexibility index (Phi) is 9.02. The predicted molar refractivity (Wildman–Crippen MR) is 128 cm³/mol. The number of nitrogens with zero attached hydrogens (tertiary/aromatic N) is 7. The lowest BCUT2D eigenvalue weighted by Crippen LogP contribution is -2.08. The molecule has 4 heterocycles. The normalized spacial score (nSPS) is 10.1. The first-order valence-electron chi connectivity index (χ1n) is 10.7. The molecular weight excluding hydrogens is 482 g/mol. The van der Waals surface area contributed by atoms with E-state index >= 15 is 0 Å². The molecule has 4 aromatic heterocycles. The van der Waals surface area contributed by atoms with Gasteiger partial charge in [0.2, 0.25) is 11.8 Å². The van der Waals surface area contributed by atoms with Gasteiger partial charge in [-0.1, -0.05) is 0 Å². The molecule has 0 aliphatic heterocycles. The summed E-state index contributed by atoms with van der Waals surface area (Å²) in [6, 6.07) is 11.6. The van der Waals surface area contributed by atoms with Gasteiger partial charge in [0.25, 0.3) is 0 Å². The zero-order valence-corrected chi connectivity index (χ0v) is 20.5. The van der Waals surface area contributed by atoms with Gasteiger partial charge in [-0.05, 0) is 31.2 Å². The van der Waals surface area contributed by atoms with Gasteiger partial charge in [0.05, 0.1) is 45.3 Å². The first-order chi connectivity index (χ1) is 17.9. The molecule has 0 saturated carbocycles. The number of carbonyl (C=O) groups excluding carboxylic acids is 3. The Balaban J connectivity index is 0.000000233. The van der Waals surface area contributed by atoms with Gasteiger partial charge in [0, 0.05) is 24.4 Å². The summed E-state index contributed by atoms with van der Waals surface area (Å²) in [5.74, 6) is -0.311. The van der Waals surface area contributed by atoms with Crippen molar-refractivity contribution in [2.24, 2.45) is 0 Å². The maximum absolute atomic E-state index is 11.8. The van der Waals surface area contributed by atoms with Gasteiger partial charge < -0.3 is 14.2 Å². The number of carbonyl (C=O) groups is 3. The molecule has 0 aliphatic carbocycles. The highest BCUT2D eigenvalue weighted by atomic mass is 16.5. The van der Waals surface area contributed by atoms with E-state index in [-0.39, 0.29) is 29.4 Å². The number of hydrogen-bond acceptors (Lipinski definition) is 12. The number of ketones is 2. The van der Waals surface area contributed by atoms with Crippen molar-refractivity contribution in [3.63, 3.8) is 0 Å². The van der Waals surface area contributed by atoms with Gasteiger partial charge in [-0.2, -0.15) is 5.10 Å². The fourth-order valence-electron chi connectivity index (χ4n) is 2.90. The molecule has 0 N–H and O–H groups in total. The molecule has 0 saturated heterocycles. The molecule has 0 atom stereocenters. The Morgan fingerprint density at radius 1 is 0.865 bits per heavy atom. The fraction of sp³-hybridized carbons (Fsp3) is 0.208. The van der Waals surface area contributed by atoms with Crippen LogP contribution < -0.4 is 9.47 Å². The van der Waals surface area contributed by atoms with Gasteiger partial charge in [0.15, 0.2) is 11.5 Å². The van der Waals surface area contributed by atoms with Crippen LogP contribution in [0, 0.1) is 0 Å². The van der Waals surface area contributed by atoms with Gasteiger partial charge >= 0.3 is 5.97 Å². The monoisotopic (exact) mass is 505 g/mol. The molecule has 13 nitrogen and oxygen atoms in total. The maximum atomic E-state index is 11.8. The van der Waals surface area contributed by atoms with Crippen LogP contribution in [0.3, 0.4) is 0 Å². The third-order valence-corrected chi connectivity index (χ3v) is 4.65. The predicted octanol–water partition coefficient (Wildman–Crippen LogP) is 2.17. The summed E-state index contributed by atoms with van der Waals surface area (Å²) < 4.78 is 16.1.